The van der Waals surface area contributed by atoms with E-state index < -0.39 is 0 Å². The van der Waals surface area contributed by atoms with Crippen LogP contribution >= 0.6 is 11.6 Å². The van der Waals surface area contributed by atoms with Crippen molar-refractivity contribution in [2.75, 3.05) is 6.61 Å². The van der Waals surface area contributed by atoms with Crippen molar-refractivity contribution in [1.29, 1.82) is 0 Å². The molecule has 0 radical (unpaired) electrons. The number of nitrogens with one attached hydrogen (secondary N) is 1. The van der Waals surface area contributed by atoms with Gasteiger partial charge in [0.15, 0.2) is 6.61 Å². The fourth-order valence-corrected chi connectivity index (χ4v) is 1.91. The van der Waals surface area contributed by atoms with Crippen LogP contribution in [0.15, 0.2) is 54.6 Å². The lowest BCUT2D eigenvalue weighted by Gasteiger charge is -2.14. The fourth-order valence-electron chi connectivity index (χ4n) is 1.78. The number of hydrogen-bond acceptors (Lipinski definition) is 2. The number of carbonyl (C=O) groups excluding carboxylic acids is 1. The number of benzene rings is 2. The summed E-state index contributed by atoms with van der Waals surface area (Å²) in [5.74, 6) is 0.526. The van der Waals surface area contributed by atoms with Crippen molar-refractivity contribution in [2.45, 2.75) is 13.0 Å². The SMILES string of the molecule is C[C@H](NC(=O)COc1ccccc1)c1ccc(Cl)cc1. The molecule has 20 heavy (non-hydrogen) atoms. The Balaban J connectivity index is 1.83. The number of carbonyl (C=O) groups is 1. The monoisotopic (exact) mass is 289 g/mol. The zero-order valence-electron chi connectivity index (χ0n) is 11.2. The number of para-hydroxylation sites is 1. The number of halogens is 1. The molecule has 0 spiro atoms. The smallest absolute Gasteiger partial charge is 0.258 e. The van der Waals surface area contributed by atoms with E-state index in [0.717, 1.165) is 5.56 Å². The first kappa shape index (κ1) is 14.4. The standard InChI is InChI=1S/C16H16ClNO2/c1-12(13-7-9-14(17)10-8-13)18-16(19)11-20-15-5-3-2-4-6-15/h2-10,12H,11H2,1H3,(H,18,19)/t12-/m0/s1. The molecule has 1 atom stereocenters. The van der Waals surface area contributed by atoms with Gasteiger partial charge >= 0.3 is 0 Å². The van der Waals surface area contributed by atoms with Crippen LogP contribution in [0.4, 0.5) is 0 Å². The van der Waals surface area contributed by atoms with E-state index in [1.165, 1.54) is 0 Å². The summed E-state index contributed by atoms with van der Waals surface area (Å²) in [5.41, 5.74) is 1.00. The molecule has 3 nitrogen and oxygen atoms in total. The average Bonchev–Trinajstić information content (AvgIpc) is 2.47. The van der Waals surface area contributed by atoms with Crippen LogP contribution in [0.5, 0.6) is 5.75 Å². The largest absolute Gasteiger partial charge is 0.484 e. The molecular formula is C16H16ClNO2. The quantitative estimate of drug-likeness (QED) is 0.913. The number of hydrogen-bond donors (Lipinski definition) is 1. The molecule has 0 fully saturated rings. The second-order valence-electron chi connectivity index (χ2n) is 4.44. The fraction of sp³-hybridized carbons (Fsp3) is 0.188. The van der Waals surface area contributed by atoms with Crippen molar-refractivity contribution < 1.29 is 9.53 Å². The van der Waals surface area contributed by atoms with Gasteiger partial charge in [0.25, 0.3) is 5.91 Å². The molecule has 0 saturated heterocycles. The molecule has 1 N–H and O–H groups in total. The number of amides is 1. The first-order chi connectivity index (χ1) is 9.65. The van der Waals surface area contributed by atoms with Gasteiger partial charge in [-0.3, -0.25) is 4.79 Å². The summed E-state index contributed by atoms with van der Waals surface area (Å²) < 4.78 is 5.39. The Morgan fingerprint density at radius 1 is 1.15 bits per heavy atom. The summed E-state index contributed by atoms with van der Waals surface area (Å²) in [7, 11) is 0. The molecule has 4 heteroatoms. The zero-order chi connectivity index (χ0) is 14.4. The van der Waals surface area contributed by atoms with Crippen molar-refractivity contribution in [3.63, 3.8) is 0 Å². The first-order valence-electron chi connectivity index (χ1n) is 6.38. The normalized spacial score (nSPS) is 11.7. The molecule has 0 aliphatic rings. The van der Waals surface area contributed by atoms with E-state index in [9.17, 15) is 4.79 Å². The molecule has 0 aromatic heterocycles. The third kappa shape index (κ3) is 4.28. The molecule has 0 aliphatic carbocycles. The summed E-state index contributed by atoms with van der Waals surface area (Å²) >= 11 is 5.83. The minimum atomic E-state index is -0.156. The number of ether oxygens (including phenoxy) is 1. The van der Waals surface area contributed by atoms with E-state index in [4.69, 9.17) is 16.3 Å². The molecule has 0 unspecified atom stereocenters. The highest BCUT2D eigenvalue weighted by Gasteiger charge is 2.09. The van der Waals surface area contributed by atoms with E-state index >= 15 is 0 Å². The molecular weight excluding hydrogens is 274 g/mol. The van der Waals surface area contributed by atoms with Gasteiger partial charge in [-0.15, -0.1) is 0 Å². The van der Waals surface area contributed by atoms with Crippen molar-refractivity contribution >= 4 is 17.5 Å². The van der Waals surface area contributed by atoms with E-state index in [-0.39, 0.29) is 18.6 Å². The van der Waals surface area contributed by atoms with Crippen LogP contribution in [0.3, 0.4) is 0 Å². The van der Waals surface area contributed by atoms with Crippen LogP contribution in [0, 0.1) is 0 Å². The molecule has 0 heterocycles. The van der Waals surface area contributed by atoms with Gasteiger partial charge in [-0.1, -0.05) is 41.9 Å². The summed E-state index contributed by atoms with van der Waals surface area (Å²) in [6, 6.07) is 16.6. The highest BCUT2D eigenvalue weighted by Crippen LogP contribution is 2.16. The Labute approximate surface area is 123 Å². The van der Waals surface area contributed by atoms with Crippen LogP contribution in [-0.2, 0) is 4.79 Å². The minimum Gasteiger partial charge on any atom is -0.484 e. The van der Waals surface area contributed by atoms with Gasteiger partial charge in [0, 0.05) is 5.02 Å². The van der Waals surface area contributed by atoms with Gasteiger partial charge in [0.1, 0.15) is 5.75 Å². The molecule has 0 aliphatic heterocycles. The lowest BCUT2D eigenvalue weighted by molar-refractivity contribution is -0.123. The van der Waals surface area contributed by atoms with E-state index in [2.05, 4.69) is 5.32 Å². The van der Waals surface area contributed by atoms with E-state index in [1.54, 1.807) is 12.1 Å². The maximum Gasteiger partial charge on any atom is 0.258 e. The third-order valence-corrected chi connectivity index (χ3v) is 3.11. The van der Waals surface area contributed by atoms with Crippen LogP contribution in [0.1, 0.15) is 18.5 Å². The predicted molar refractivity (Wildman–Crippen MR) is 79.9 cm³/mol. The van der Waals surface area contributed by atoms with Crippen molar-refractivity contribution in [1.82, 2.24) is 5.32 Å². The molecule has 1 amide bonds. The average molecular weight is 290 g/mol. The minimum absolute atomic E-state index is 0.00193. The van der Waals surface area contributed by atoms with Gasteiger partial charge < -0.3 is 10.1 Å². The molecule has 104 valence electrons. The summed E-state index contributed by atoms with van der Waals surface area (Å²) in [6.07, 6.45) is 0. The van der Waals surface area contributed by atoms with Crippen molar-refractivity contribution in [3.8, 4) is 5.75 Å². The Kier molecular flexibility index (Phi) is 5.02. The Hall–Kier alpha value is -2.00. The predicted octanol–water partition coefficient (Wildman–Crippen LogP) is 3.60. The Morgan fingerprint density at radius 2 is 1.80 bits per heavy atom. The second-order valence-corrected chi connectivity index (χ2v) is 4.88. The highest BCUT2D eigenvalue weighted by molar-refractivity contribution is 6.30. The summed E-state index contributed by atoms with van der Waals surface area (Å²) in [4.78, 5) is 11.8. The van der Waals surface area contributed by atoms with Gasteiger partial charge in [-0.2, -0.15) is 0 Å². The summed E-state index contributed by atoms with van der Waals surface area (Å²) in [6.45, 7) is 1.92. The van der Waals surface area contributed by atoms with Crippen LogP contribution in [0.25, 0.3) is 0 Å². The van der Waals surface area contributed by atoms with E-state index in [0.29, 0.717) is 10.8 Å². The molecule has 0 saturated carbocycles. The van der Waals surface area contributed by atoms with E-state index in [1.807, 2.05) is 49.4 Å². The molecule has 2 rings (SSSR count). The van der Waals surface area contributed by atoms with Crippen molar-refractivity contribution in [2.24, 2.45) is 0 Å². The van der Waals surface area contributed by atoms with Gasteiger partial charge in [0.05, 0.1) is 6.04 Å². The van der Waals surface area contributed by atoms with Crippen LogP contribution < -0.4 is 10.1 Å². The third-order valence-electron chi connectivity index (χ3n) is 2.86. The Morgan fingerprint density at radius 3 is 2.45 bits per heavy atom. The zero-order valence-corrected chi connectivity index (χ0v) is 11.9. The lowest BCUT2D eigenvalue weighted by Crippen LogP contribution is -2.31. The van der Waals surface area contributed by atoms with Crippen LogP contribution in [0.2, 0.25) is 5.02 Å². The Bertz CT molecular complexity index is 554. The molecule has 0 bridgehead atoms. The van der Waals surface area contributed by atoms with Gasteiger partial charge in [-0.25, -0.2) is 0 Å². The maximum absolute atomic E-state index is 11.8. The van der Waals surface area contributed by atoms with Gasteiger partial charge in [0.2, 0.25) is 0 Å². The summed E-state index contributed by atoms with van der Waals surface area (Å²) in [5, 5.41) is 3.56. The topological polar surface area (TPSA) is 38.3 Å². The number of rotatable bonds is 5. The highest BCUT2D eigenvalue weighted by atomic mass is 35.5. The first-order valence-corrected chi connectivity index (χ1v) is 6.75. The lowest BCUT2D eigenvalue weighted by atomic mass is 10.1. The van der Waals surface area contributed by atoms with Crippen molar-refractivity contribution in [3.05, 3.63) is 65.2 Å². The van der Waals surface area contributed by atoms with Crippen LogP contribution in [-0.4, -0.2) is 12.5 Å². The maximum atomic E-state index is 11.8. The molecule has 2 aromatic carbocycles. The van der Waals surface area contributed by atoms with Gasteiger partial charge in [-0.05, 0) is 36.8 Å². The molecule has 2 aromatic rings. The second kappa shape index (κ2) is 6.96.